The molecule has 1 rings (SSSR count). The van der Waals surface area contributed by atoms with Gasteiger partial charge in [-0.05, 0) is 31.2 Å². The van der Waals surface area contributed by atoms with Crippen LogP contribution in [0.3, 0.4) is 0 Å². The van der Waals surface area contributed by atoms with E-state index in [0.29, 0.717) is 5.41 Å². The molecule has 11 heavy (non-hydrogen) atoms. The van der Waals surface area contributed by atoms with Gasteiger partial charge in [-0.15, -0.1) is 0 Å². The van der Waals surface area contributed by atoms with Crippen molar-refractivity contribution in [2.45, 2.75) is 26.2 Å². The van der Waals surface area contributed by atoms with E-state index in [1.165, 1.54) is 12.8 Å². The molecule has 1 aliphatic heterocycles. The van der Waals surface area contributed by atoms with Gasteiger partial charge in [0.05, 0.1) is 0 Å². The van der Waals surface area contributed by atoms with E-state index < -0.39 is 0 Å². The third-order valence-electron chi connectivity index (χ3n) is 2.72. The Hall–Kier alpha value is -0.120. The number of nitrogens with two attached hydrogens (primary N) is 2. The maximum absolute atomic E-state index is 5.70. The minimum absolute atomic E-state index is 0.341. The first-order chi connectivity index (χ1) is 5.16. The van der Waals surface area contributed by atoms with E-state index in [9.17, 15) is 0 Å². The predicted molar refractivity (Wildman–Crippen MR) is 46.8 cm³/mol. The summed E-state index contributed by atoms with van der Waals surface area (Å²) in [5.41, 5.74) is 6.03. The summed E-state index contributed by atoms with van der Waals surface area (Å²) in [6.45, 7) is 5.07. The van der Waals surface area contributed by atoms with Gasteiger partial charge in [-0.25, -0.2) is 5.01 Å². The molecule has 1 unspecified atom stereocenters. The van der Waals surface area contributed by atoms with E-state index in [4.69, 9.17) is 11.6 Å². The quantitative estimate of drug-likeness (QED) is 0.539. The fraction of sp³-hybridized carbons (Fsp3) is 1.00. The minimum Gasteiger partial charge on any atom is -0.330 e. The highest BCUT2D eigenvalue weighted by Crippen LogP contribution is 2.28. The molecule has 1 saturated heterocycles. The maximum atomic E-state index is 5.70. The van der Waals surface area contributed by atoms with Crippen LogP contribution in [0.4, 0.5) is 0 Å². The standard InChI is InChI=1S/C8H19N3/c1-8(7-9)3-2-5-11(10)6-4-8/h2-7,9-10H2,1H3. The van der Waals surface area contributed by atoms with Crippen LogP contribution in [0.1, 0.15) is 26.2 Å². The first-order valence-corrected chi connectivity index (χ1v) is 4.36. The summed E-state index contributed by atoms with van der Waals surface area (Å²) in [6, 6.07) is 0. The molecule has 0 aliphatic carbocycles. The second-order valence-corrected chi connectivity index (χ2v) is 3.90. The van der Waals surface area contributed by atoms with E-state index >= 15 is 0 Å². The largest absolute Gasteiger partial charge is 0.330 e. The Bertz CT molecular complexity index is 127. The lowest BCUT2D eigenvalue weighted by Gasteiger charge is -2.25. The van der Waals surface area contributed by atoms with E-state index in [2.05, 4.69) is 6.92 Å². The van der Waals surface area contributed by atoms with Gasteiger partial charge in [0.1, 0.15) is 0 Å². The van der Waals surface area contributed by atoms with Crippen LogP contribution < -0.4 is 11.6 Å². The van der Waals surface area contributed by atoms with Crippen LogP contribution in [-0.2, 0) is 0 Å². The third-order valence-corrected chi connectivity index (χ3v) is 2.72. The zero-order chi connectivity index (χ0) is 8.32. The molecule has 1 fully saturated rings. The van der Waals surface area contributed by atoms with Crippen molar-refractivity contribution in [2.75, 3.05) is 19.6 Å². The van der Waals surface area contributed by atoms with Crippen molar-refractivity contribution in [1.29, 1.82) is 0 Å². The molecule has 1 atom stereocenters. The number of nitrogens with zero attached hydrogens (tertiary/aromatic N) is 1. The molecule has 0 amide bonds. The highest BCUT2D eigenvalue weighted by atomic mass is 15.4. The van der Waals surface area contributed by atoms with Gasteiger partial charge in [-0.2, -0.15) is 0 Å². The Morgan fingerprint density at radius 2 is 2.09 bits per heavy atom. The van der Waals surface area contributed by atoms with Crippen LogP contribution in [0, 0.1) is 5.41 Å². The van der Waals surface area contributed by atoms with Gasteiger partial charge < -0.3 is 5.73 Å². The lowest BCUT2D eigenvalue weighted by molar-refractivity contribution is 0.258. The normalized spacial score (nSPS) is 35.2. The Kier molecular flexibility index (Phi) is 2.87. The fourth-order valence-corrected chi connectivity index (χ4v) is 1.56. The molecule has 0 aromatic heterocycles. The van der Waals surface area contributed by atoms with E-state index in [0.717, 1.165) is 26.1 Å². The van der Waals surface area contributed by atoms with Crippen molar-refractivity contribution < 1.29 is 0 Å². The fourth-order valence-electron chi connectivity index (χ4n) is 1.56. The van der Waals surface area contributed by atoms with Crippen molar-refractivity contribution >= 4 is 0 Å². The Morgan fingerprint density at radius 3 is 2.73 bits per heavy atom. The Balaban J connectivity index is 2.45. The maximum Gasteiger partial charge on any atom is 0.0134 e. The van der Waals surface area contributed by atoms with E-state index in [-0.39, 0.29) is 0 Å². The number of hydrogen-bond donors (Lipinski definition) is 2. The molecular weight excluding hydrogens is 138 g/mol. The molecule has 0 aromatic rings. The highest BCUT2D eigenvalue weighted by Gasteiger charge is 2.25. The van der Waals surface area contributed by atoms with E-state index in [1.807, 2.05) is 5.01 Å². The molecule has 1 aliphatic rings. The van der Waals surface area contributed by atoms with Gasteiger partial charge in [0.2, 0.25) is 0 Å². The monoisotopic (exact) mass is 157 g/mol. The highest BCUT2D eigenvalue weighted by molar-refractivity contribution is 4.79. The van der Waals surface area contributed by atoms with Crippen molar-refractivity contribution in [2.24, 2.45) is 17.0 Å². The Morgan fingerprint density at radius 1 is 1.36 bits per heavy atom. The smallest absolute Gasteiger partial charge is 0.0134 e. The zero-order valence-corrected chi connectivity index (χ0v) is 7.34. The van der Waals surface area contributed by atoms with Gasteiger partial charge in [-0.3, -0.25) is 5.84 Å². The minimum atomic E-state index is 0.341. The van der Waals surface area contributed by atoms with Gasteiger partial charge in [0.25, 0.3) is 0 Å². The third kappa shape index (κ3) is 2.43. The summed E-state index contributed by atoms with van der Waals surface area (Å²) in [4.78, 5) is 0. The summed E-state index contributed by atoms with van der Waals surface area (Å²) in [5.74, 6) is 5.70. The summed E-state index contributed by atoms with van der Waals surface area (Å²) >= 11 is 0. The number of hydrogen-bond acceptors (Lipinski definition) is 3. The molecule has 0 aromatic carbocycles. The van der Waals surface area contributed by atoms with Gasteiger partial charge in [0, 0.05) is 13.1 Å². The van der Waals surface area contributed by atoms with Crippen molar-refractivity contribution in [3.05, 3.63) is 0 Å². The summed E-state index contributed by atoms with van der Waals surface area (Å²) in [6.07, 6.45) is 3.54. The second kappa shape index (κ2) is 3.52. The van der Waals surface area contributed by atoms with Crippen molar-refractivity contribution in [3.8, 4) is 0 Å². The molecule has 0 radical (unpaired) electrons. The second-order valence-electron chi connectivity index (χ2n) is 3.90. The van der Waals surface area contributed by atoms with Gasteiger partial charge in [-0.1, -0.05) is 6.92 Å². The van der Waals surface area contributed by atoms with Crippen LogP contribution in [0.2, 0.25) is 0 Å². The topological polar surface area (TPSA) is 55.3 Å². The average Bonchev–Trinajstić information content (AvgIpc) is 2.15. The molecule has 0 spiro atoms. The van der Waals surface area contributed by atoms with E-state index in [1.54, 1.807) is 0 Å². The number of rotatable bonds is 1. The number of hydrazine groups is 1. The Labute approximate surface area is 68.7 Å². The molecule has 3 heteroatoms. The lowest BCUT2D eigenvalue weighted by atomic mass is 9.83. The first-order valence-electron chi connectivity index (χ1n) is 4.36. The SMILES string of the molecule is CC1(CN)CCCN(N)CC1. The van der Waals surface area contributed by atoms with Crippen LogP contribution >= 0.6 is 0 Å². The zero-order valence-electron chi connectivity index (χ0n) is 7.34. The van der Waals surface area contributed by atoms with Crippen LogP contribution in [0.25, 0.3) is 0 Å². The average molecular weight is 157 g/mol. The molecular formula is C8H19N3. The van der Waals surface area contributed by atoms with Crippen LogP contribution in [0.15, 0.2) is 0 Å². The molecule has 1 heterocycles. The molecule has 3 nitrogen and oxygen atoms in total. The van der Waals surface area contributed by atoms with Crippen molar-refractivity contribution in [3.63, 3.8) is 0 Å². The molecule has 4 N–H and O–H groups in total. The summed E-state index contributed by atoms with van der Waals surface area (Å²) in [5, 5.41) is 1.90. The first kappa shape index (κ1) is 8.97. The van der Waals surface area contributed by atoms with Gasteiger partial charge in [0.15, 0.2) is 0 Å². The molecule has 66 valence electrons. The summed E-state index contributed by atoms with van der Waals surface area (Å²) < 4.78 is 0. The van der Waals surface area contributed by atoms with Gasteiger partial charge >= 0.3 is 0 Å². The van der Waals surface area contributed by atoms with Crippen LogP contribution in [-0.4, -0.2) is 24.6 Å². The molecule has 0 bridgehead atoms. The van der Waals surface area contributed by atoms with Crippen LogP contribution in [0.5, 0.6) is 0 Å². The predicted octanol–water partition coefficient (Wildman–Crippen LogP) is 0.311. The summed E-state index contributed by atoms with van der Waals surface area (Å²) in [7, 11) is 0. The lowest BCUT2D eigenvalue weighted by Crippen LogP contribution is -2.33. The molecule has 0 saturated carbocycles. The van der Waals surface area contributed by atoms with Crippen molar-refractivity contribution in [1.82, 2.24) is 5.01 Å².